The molecule has 1 atom stereocenters. The van der Waals surface area contributed by atoms with Gasteiger partial charge < -0.3 is 0 Å². The van der Waals surface area contributed by atoms with Crippen molar-refractivity contribution in [2.24, 2.45) is 0 Å². The minimum atomic E-state index is -4.73. The number of hydrogen-bond donors (Lipinski definition) is 0. The fraction of sp³-hybridized carbons (Fsp3) is 0.333. The first-order valence-corrected chi connectivity index (χ1v) is 5.86. The van der Waals surface area contributed by atoms with Gasteiger partial charge in [0.25, 0.3) is 5.69 Å². The summed E-state index contributed by atoms with van der Waals surface area (Å²) in [5.41, 5.74) is 0.255. The summed E-state index contributed by atoms with van der Waals surface area (Å²) < 4.78 is 34.0. The molecule has 0 bridgehead atoms. The SMILES string of the molecule is Cc1ccc(C(C)S(=O)(=O)F)cc1[N+](=O)[O-]. The summed E-state index contributed by atoms with van der Waals surface area (Å²) in [6.45, 7) is 2.67. The fourth-order valence-corrected chi connectivity index (χ4v) is 1.71. The summed E-state index contributed by atoms with van der Waals surface area (Å²) in [6, 6.07) is 3.84. The molecular formula is C9H10FNO4S. The molecule has 0 aliphatic heterocycles. The zero-order valence-corrected chi connectivity index (χ0v) is 9.49. The molecule has 16 heavy (non-hydrogen) atoms. The highest BCUT2D eigenvalue weighted by Gasteiger charge is 2.23. The largest absolute Gasteiger partial charge is 0.309 e. The molecule has 7 heteroatoms. The van der Waals surface area contributed by atoms with E-state index >= 15 is 0 Å². The zero-order chi connectivity index (χ0) is 12.5. The van der Waals surface area contributed by atoms with Gasteiger partial charge >= 0.3 is 10.2 Å². The van der Waals surface area contributed by atoms with Crippen molar-refractivity contribution in [3.63, 3.8) is 0 Å². The second-order valence-corrected chi connectivity index (χ2v) is 5.08. The van der Waals surface area contributed by atoms with E-state index in [0.29, 0.717) is 5.56 Å². The average molecular weight is 247 g/mol. The Morgan fingerprint density at radius 3 is 2.44 bits per heavy atom. The Balaban J connectivity index is 3.29. The van der Waals surface area contributed by atoms with E-state index in [1.54, 1.807) is 0 Å². The summed E-state index contributed by atoms with van der Waals surface area (Å²) in [6.07, 6.45) is 0. The standard InChI is InChI=1S/C9H10FNO4S/c1-6-3-4-8(5-9(6)11(12)13)7(2)16(10,14)15/h3-5,7H,1-2H3. The number of rotatable bonds is 3. The van der Waals surface area contributed by atoms with E-state index in [1.807, 2.05) is 0 Å². The van der Waals surface area contributed by atoms with Crippen molar-refractivity contribution in [3.8, 4) is 0 Å². The maximum atomic E-state index is 12.7. The Bertz CT molecular complexity index is 526. The van der Waals surface area contributed by atoms with Crippen LogP contribution in [0.4, 0.5) is 9.57 Å². The van der Waals surface area contributed by atoms with Crippen LogP contribution in [0.15, 0.2) is 18.2 Å². The normalized spacial score (nSPS) is 13.4. The van der Waals surface area contributed by atoms with Gasteiger partial charge in [0.1, 0.15) is 5.25 Å². The van der Waals surface area contributed by atoms with Crippen molar-refractivity contribution < 1.29 is 17.2 Å². The number of aryl methyl sites for hydroxylation is 1. The van der Waals surface area contributed by atoms with Gasteiger partial charge in [-0.1, -0.05) is 12.1 Å². The second kappa shape index (κ2) is 4.17. The molecule has 0 saturated heterocycles. The molecule has 0 heterocycles. The van der Waals surface area contributed by atoms with E-state index in [1.165, 1.54) is 19.1 Å². The highest BCUT2D eigenvalue weighted by molar-refractivity contribution is 7.86. The number of nitrogens with zero attached hydrogens (tertiary/aromatic N) is 1. The molecule has 0 aromatic heterocycles. The third kappa shape index (κ3) is 2.54. The molecule has 0 radical (unpaired) electrons. The highest BCUT2D eigenvalue weighted by atomic mass is 32.3. The van der Waals surface area contributed by atoms with Gasteiger partial charge in [-0.25, -0.2) is 0 Å². The van der Waals surface area contributed by atoms with Crippen LogP contribution in [0.3, 0.4) is 0 Å². The van der Waals surface area contributed by atoms with E-state index in [2.05, 4.69) is 0 Å². The maximum Gasteiger partial charge on any atom is 0.309 e. The number of nitro groups is 1. The first-order chi connectivity index (χ1) is 7.23. The van der Waals surface area contributed by atoms with Gasteiger partial charge in [-0.05, 0) is 19.4 Å². The minimum Gasteiger partial charge on any atom is -0.258 e. The molecule has 0 fully saturated rings. The Labute approximate surface area is 92.3 Å². The van der Waals surface area contributed by atoms with Crippen LogP contribution in [0.5, 0.6) is 0 Å². The van der Waals surface area contributed by atoms with Gasteiger partial charge in [0.15, 0.2) is 0 Å². The topological polar surface area (TPSA) is 77.3 Å². The average Bonchev–Trinajstić information content (AvgIpc) is 2.15. The molecule has 1 aromatic carbocycles. The number of nitro benzene ring substituents is 1. The van der Waals surface area contributed by atoms with Crippen molar-refractivity contribution in [1.82, 2.24) is 0 Å². The lowest BCUT2D eigenvalue weighted by molar-refractivity contribution is -0.385. The van der Waals surface area contributed by atoms with Crippen LogP contribution >= 0.6 is 0 Å². The van der Waals surface area contributed by atoms with Crippen molar-refractivity contribution >= 4 is 15.9 Å². The Morgan fingerprint density at radius 1 is 1.44 bits per heavy atom. The van der Waals surface area contributed by atoms with E-state index in [9.17, 15) is 22.4 Å². The van der Waals surface area contributed by atoms with Crippen molar-refractivity contribution in [2.75, 3.05) is 0 Å². The first-order valence-electron chi connectivity index (χ1n) is 4.42. The van der Waals surface area contributed by atoms with Crippen molar-refractivity contribution in [3.05, 3.63) is 39.4 Å². The smallest absolute Gasteiger partial charge is 0.258 e. The number of benzene rings is 1. The first kappa shape index (κ1) is 12.6. The Morgan fingerprint density at radius 2 is 2.00 bits per heavy atom. The predicted molar refractivity (Wildman–Crippen MR) is 56.3 cm³/mol. The summed E-state index contributed by atoms with van der Waals surface area (Å²) in [5, 5.41) is 9.21. The maximum absolute atomic E-state index is 12.7. The van der Waals surface area contributed by atoms with Gasteiger partial charge in [0.05, 0.1) is 4.92 Å². The molecule has 0 spiro atoms. The molecule has 0 N–H and O–H groups in total. The molecule has 1 unspecified atom stereocenters. The van der Waals surface area contributed by atoms with Crippen LogP contribution in [0.2, 0.25) is 0 Å². The quantitative estimate of drug-likeness (QED) is 0.466. The van der Waals surface area contributed by atoms with Crippen molar-refractivity contribution in [1.29, 1.82) is 0 Å². The lowest BCUT2D eigenvalue weighted by atomic mass is 10.1. The zero-order valence-electron chi connectivity index (χ0n) is 8.68. The lowest BCUT2D eigenvalue weighted by Crippen LogP contribution is -2.05. The molecule has 0 aliphatic rings. The molecule has 88 valence electrons. The number of hydrogen-bond acceptors (Lipinski definition) is 4. The monoisotopic (exact) mass is 247 g/mol. The lowest BCUT2D eigenvalue weighted by Gasteiger charge is -2.07. The van der Waals surface area contributed by atoms with Crippen LogP contribution in [-0.4, -0.2) is 13.3 Å². The van der Waals surface area contributed by atoms with E-state index in [-0.39, 0.29) is 11.3 Å². The van der Waals surface area contributed by atoms with Crippen molar-refractivity contribution in [2.45, 2.75) is 19.1 Å². The predicted octanol–water partition coefficient (Wildman–Crippen LogP) is 2.26. The van der Waals surface area contributed by atoms with Gasteiger partial charge in [0.2, 0.25) is 0 Å². The molecule has 0 saturated carbocycles. The van der Waals surface area contributed by atoms with Crippen LogP contribution in [0, 0.1) is 17.0 Å². The molecule has 1 rings (SSSR count). The summed E-state index contributed by atoms with van der Waals surface area (Å²) in [4.78, 5) is 9.98. The molecule has 0 aliphatic carbocycles. The van der Waals surface area contributed by atoms with Crippen LogP contribution in [0.1, 0.15) is 23.3 Å². The fourth-order valence-electron chi connectivity index (χ4n) is 1.24. The van der Waals surface area contributed by atoms with E-state index in [4.69, 9.17) is 0 Å². The molecule has 0 amide bonds. The van der Waals surface area contributed by atoms with E-state index < -0.39 is 20.4 Å². The van der Waals surface area contributed by atoms with Gasteiger partial charge in [0, 0.05) is 11.6 Å². The summed E-state index contributed by atoms with van der Waals surface area (Å²) >= 11 is 0. The molecule has 5 nitrogen and oxygen atoms in total. The second-order valence-electron chi connectivity index (χ2n) is 3.42. The molecular weight excluding hydrogens is 237 g/mol. The van der Waals surface area contributed by atoms with Crippen LogP contribution < -0.4 is 0 Å². The number of halogens is 1. The Kier molecular flexibility index (Phi) is 3.27. The highest BCUT2D eigenvalue weighted by Crippen LogP contribution is 2.28. The van der Waals surface area contributed by atoms with Crippen LogP contribution in [0.25, 0.3) is 0 Å². The minimum absolute atomic E-state index is 0.0693. The van der Waals surface area contributed by atoms with E-state index in [0.717, 1.165) is 13.0 Å². The van der Waals surface area contributed by atoms with Gasteiger partial charge in [-0.3, -0.25) is 10.1 Å². The summed E-state index contributed by atoms with van der Waals surface area (Å²) in [7, 11) is -4.73. The third-order valence-electron chi connectivity index (χ3n) is 2.32. The molecule has 1 aromatic rings. The van der Waals surface area contributed by atoms with Gasteiger partial charge in [-0.2, -0.15) is 8.42 Å². The van der Waals surface area contributed by atoms with Crippen LogP contribution in [-0.2, 0) is 10.2 Å². The summed E-state index contributed by atoms with van der Waals surface area (Å²) in [5.74, 6) is 0. The third-order valence-corrected chi connectivity index (χ3v) is 3.44. The van der Waals surface area contributed by atoms with Gasteiger partial charge in [-0.15, -0.1) is 3.89 Å². The Hall–Kier alpha value is -1.50.